The summed E-state index contributed by atoms with van der Waals surface area (Å²) in [5, 5.41) is 8.84. The minimum absolute atomic E-state index is 0.481. The molecule has 3 aliphatic rings. The molecule has 1 aromatic rings. The molecule has 3 fully saturated rings. The predicted molar refractivity (Wildman–Crippen MR) is 75.0 cm³/mol. The van der Waals surface area contributed by atoms with Crippen LogP contribution in [-0.4, -0.2) is 14.8 Å². The van der Waals surface area contributed by atoms with Gasteiger partial charge in [0.25, 0.3) is 0 Å². The first-order valence-corrected chi connectivity index (χ1v) is 8.22. The molecule has 104 valence electrons. The maximum absolute atomic E-state index is 6.02. The zero-order chi connectivity index (χ0) is 13.1. The third-order valence-electron chi connectivity index (χ3n) is 5.56. The Labute approximate surface area is 119 Å². The molecule has 0 radical (unpaired) electrons. The summed E-state index contributed by atoms with van der Waals surface area (Å²) in [6.45, 7) is 5.51. The van der Waals surface area contributed by atoms with E-state index in [0.717, 1.165) is 36.0 Å². The van der Waals surface area contributed by atoms with Crippen LogP contribution in [0.3, 0.4) is 0 Å². The Kier molecular flexibility index (Phi) is 2.70. The van der Waals surface area contributed by atoms with Crippen molar-refractivity contribution in [3.05, 3.63) is 11.6 Å². The van der Waals surface area contributed by atoms with Crippen molar-refractivity contribution in [3.8, 4) is 0 Å². The van der Waals surface area contributed by atoms with Crippen LogP contribution in [0.5, 0.6) is 0 Å². The second-order valence-corrected chi connectivity index (χ2v) is 7.39. The molecule has 1 heterocycles. The van der Waals surface area contributed by atoms with Gasteiger partial charge in [-0.15, -0.1) is 21.8 Å². The van der Waals surface area contributed by atoms with Gasteiger partial charge in [-0.3, -0.25) is 0 Å². The summed E-state index contributed by atoms with van der Waals surface area (Å²) in [4.78, 5) is 0. The Bertz CT molecular complexity index is 480. The zero-order valence-electron chi connectivity index (χ0n) is 11.7. The fraction of sp³-hybridized carbons (Fsp3) is 0.867. The highest BCUT2D eigenvalue weighted by atomic mass is 35.5. The minimum atomic E-state index is 0.481. The van der Waals surface area contributed by atoms with Gasteiger partial charge in [-0.2, -0.15) is 0 Å². The third-order valence-corrected chi connectivity index (χ3v) is 5.80. The van der Waals surface area contributed by atoms with E-state index in [1.165, 1.54) is 25.1 Å². The quantitative estimate of drug-likeness (QED) is 0.791. The molecule has 0 saturated heterocycles. The molecule has 2 bridgehead atoms. The largest absolute Gasteiger partial charge is 0.313 e. The van der Waals surface area contributed by atoms with Gasteiger partial charge in [0.05, 0.1) is 5.88 Å². The molecular weight excluding hydrogens is 258 g/mol. The van der Waals surface area contributed by atoms with Crippen molar-refractivity contribution in [2.45, 2.75) is 51.5 Å². The molecule has 4 rings (SSSR count). The molecule has 4 atom stereocenters. The smallest absolute Gasteiger partial charge is 0.147 e. The van der Waals surface area contributed by atoms with Crippen LogP contribution in [0.1, 0.15) is 50.7 Å². The van der Waals surface area contributed by atoms with Crippen LogP contribution in [0.15, 0.2) is 0 Å². The molecule has 3 saturated carbocycles. The lowest BCUT2D eigenvalue weighted by atomic mass is 10.0. The maximum Gasteiger partial charge on any atom is 0.147 e. The second-order valence-electron chi connectivity index (χ2n) is 7.13. The zero-order valence-corrected chi connectivity index (χ0v) is 12.5. The van der Waals surface area contributed by atoms with E-state index < -0.39 is 0 Å². The van der Waals surface area contributed by atoms with Crippen molar-refractivity contribution in [3.63, 3.8) is 0 Å². The van der Waals surface area contributed by atoms with E-state index in [9.17, 15) is 0 Å². The summed E-state index contributed by atoms with van der Waals surface area (Å²) in [5.41, 5.74) is 0. The maximum atomic E-state index is 6.02. The van der Waals surface area contributed by atoms with E-state index in [4.69, 9.17) is 11.6 Å². The lowest BCUT2D eigenvalue weighted by Gasteiger charge is -2.14. The number of hydrogen-bond donors (Lipinski definition) is 0. The fourth-order valence-electron chi connectivity index (χ4n) is 4.93. The second kappa shape index (κ2) is 4.21. The van der Waals surface area contributed by atoms with Crippen LogP contribution in [-0.2, 0) is 12.4 Å². The standard InChI is InChI=1S/C15H22ClN3/c1-8(2)7-19-11(6-16)17-18-15(19)14-12-9-3-4-10(5-9)13(12)14/h8-10,12-14H,3-7H2,1-2H3. The van der Waals surface area contributed by atoms with Crippen LogP contribution in [0, 0.1) is 29.6 Å². The molecule has 0 spiro atoms. The van der Waals surface area contributed by atoms with Gasteiger partial charge >= 0.3 is 0 Å². The van der Waals surface area contributed by atoms with Crippen molar-refractivity contribution >= 4 is 11.6 Å². The monoisotopic (exact) mass is 279 g/mol. The van der Waals surface area contributed by atoms with Gasteiger partial charge in [0.2, 0.25) is 0 Å². The van der Waals surface area contributed by atoms with E-state index in [2.05, 4.69) is 28.6 Å². The van der Waals surface area contributed by atoms with Crippen molar-refractivity contribution in [2.24, 2.45) is 29.6 Å². The number of hydrogen-bond acceptors (Lipinski definition) is 2. The molecule has 3 aliphatic carbocycles. The highest BCUT2D eigenvalue weighted by Crippen LogP contribution is 2.72. The number of rotatable bonds is 4. The molecule has 1 aromatic heterocycles. The Morgan fingerprint density at radius 2 is 1.89 bits per heavy atom. The molecule has 4 unspecified atom stereocenters. The summed E-state index contributed by atoms with van der Waals surface area (Å²) < 4.78 is 2.32. The summed E-state index contributed by atoms with van der Waals surface area (Å²) in [6.07, 6.45) is 4.42. The summed E-state index contributed by atoms with van der Waals surface area (Å²) in [7, 11) is 0. The van der Waals surface area contributed by atoms with E-state index in [1.807, 2.05) is 0 Å². The highest BCUT2D eigenvalue weighted by Gasteiger charge is 2.66. The lowest BCUT2D eigenvalue weighted by Crippen LogP contribution is -2.12. The van der Waals surface area contributed by atoms with Crippen LogP contribution in [0.4, 0.5) is 0 Å². The fourth-order valence-corrected chi connectivity index (χ4v) is 5.13. The average Bonchev–Trinajstić information content (AvgIpc) is 2.76. The highest BCUT2D eigenvalue weighted by molar-refractivity contribution is 6.16. The topological polar surface area (TPSA) is 30.7 Å². The Morgan fingerprint density at radius 1 is 1.21 bits per heavy atom. The van der Waals surface area contributed by atoms with E-state index in [0.29, 0.717) is 17.7 Å². The van der Waals surface area contributed by atoms with Crippen molar-refractivity contribution in [1.29, 1.82) is 0 Å². The third kappa shape index (κ3) is 1.70. The van der Waals surface area contributed by atoms with E-state index >= 15 is 0 Å². The summed E-state index contributed by atoms with van der Waals surface area (Å²) in [6, 6.07) is 0. The Balaban J connectivity index is 1.64. The molecule has 4 heteroatoms. The predicted octanol–water partition coefficient (Wildman–Crippen LogP) is 3.43. The first-order valence-electron chi connectivity index (χ1n) is 7.68. The molecule has 19 heavy (non-hydrogen) atoms. The Morgan fingerprint density at radius 3 is 2.47 bits per heavy atom. The average molecular weight is 280 g/mol. The van der Waals surface area contributed by atoms with E-state index in [-0.39, 0.29) is 0 Å². The van der Waals surface area contributed by atoms with Gasteiger partial charge < -0.3 is 4.57 Å². The molecule has 0 aromatic carbocycles. The van der Waals surface area contributed by atoms with Crippen LogP contribution in [0.25, 0.3) is 0 Å². The number of aromatic nitrogens is 3. The van der Waals surface area contributed by atoms with Crippen molar-refractivity contribution < 1.29 is 0 Å². The molecular formula is C15H22ClN3. The Hall–Kier alpha value is -0.570. The number of nitrogens with zero attached hydrogens (tertiary/aromatic N) is 3. The SMILES string of the molecule is CC(C)Cn1c(CCl)nnc1C1C2C3CCC(C3)C12. The van der Waals surface area contributed by atoms with Crippen molar-refractivity contribution in [2.75, 3.05) is 0 Å². The first-order chi connectivity index (χ1) is 9.20. The van der Waals surface area contributed by atoms with Gasteiger partial charge in [-0.05, 0) is 48.9 Å². The first kappa shape index (κ1) is 12.2. The van der Waals surface area contributed by atoms with Crippen LogP contribution in [0.2, 0.25) is 0 Å². The van der Waals surface area contributed by atoms with Gasteiger partial charge in [0, 0.05) is 12.5 Å². The summed E-state index contributed by atoms with van der Waals surface area (Å²) in [5.74, 6) is 7.84. The van der Waals surface area contributed by atoms with Gasteiger partial charge in [0.1, 0.15) is 11.6 Å². The van der Waals surface area contributed by atoms with Crippen molar-refractivity contribution in [1.82, 2.24) is 14.8 Å². The minimum Gasteiger partial charge on any atom is -0.313 e. The molecule has 0 amide bonds. The lowest BCUT2D eigenvalue weighted by molar-refractivity contribution is 0.456. The van der Waals surface area contributed by atoms with Crippen LogP contribution < -0.4 is 0 Å². The molecule has 0 N–H and O–H groups in total. The van der Waals surface area contributed by atoms with Gasteiger partial charge in [0.15, 0.2) is 0 Å². The normalized spacial score (nSPS) is 39.1. The van der Waals surface area contributed by atoms with E-state index in [1.54, 1.807) is 0 Å². The number of halogens is 1. The molecule has 3 nitrogen and oxygen atoms in total. The number of alkyl halides is 1. The van der Waals surface area contributed by atoms with Crippen LogP contribution >= 0.6 is 11.6 Å². The van der Waals surface area contributed by atoms with Gasteiger partial charge in [-0.25, -0.2) is 0 Å². The van der Waals surface area contributed by atoms with Gasteiger partial charge in [-0.1, -0.05) is 13.8 Å². The molecule has 0 aliphatic heterocycles. The number of fused-ring (bicyclic) bond motifs is 5. The summed E-state index contributed by atoms with van der Waals surface area (Å²) >= 11 is 6.02.